The van der Waals surface area contributed by atoms with Gasteiger partial charge in [-0.25, -0.2) is 0 Å². The Balaban J connectivity index is 2.02. The topological polar surface area (TPSA) is 21.3 Å². The monoisotopic (exact) mass is 295 g/mol. The smallest absolute Gasteiger partial charge is 0.138 e. The second-order valence-electron chi connectivity index (χ2n) is 4.39. The molecule has 1 aromatic carbocycles. The first-order valence-corrected chi connectivity index (χ1v) is 7.69. The van der Waals surface area contributed by atoms with Crippen molar-refractivity contribution in [1.29, 1.82) is 0 Å². The Morgan fingerprint density at radius 1 is 1.37 bits per heavy atom. The number of thiophene rings is 1. The summed E-state index contributed by atoms with van der Waals surface area (Å²) in [6.45, 7) is 5.72. The first-order chi connectivity index (χ1) is 9.20. The van der Waals surface area contributed by atoms with Gasteiger partial charge in [0.25, 0.3) is 0 Å². The lowest BCUT2D eigenvalue weighted by molar-refractivity contribution is 0.307. The van der Waals surface area contributed by atoms with E-state index in [2.05, 4.69) is 36.7 Å². The summed E-state index contributed by atoms with van der Waals surface area (Å²) in [4.78, 5) is 0. The van der Waals surface area contributed by atoms with Gasteiger partial charge in [0.05, 0.1) is 5.02 Å². The van der Waals surface area contributed by atoms with Gasteiger partial charge in [-0.05, 0) is 53.6 Å². The van der Waals surface area contributed by atoms with Gasteiger partial charge in [-0.15, -0.1) is 0 Å². The number of halogens is 1. The first-order valence-electron chi connectivity index (χ1n) is 6.37. The summed E-state index contributed by atoms with van der Waals surface area (Å²) in [5, 5.41) is 8.15. The number of nitrogens with one attached hydrogen (secondary N) is 1. The highest BCUT2D eigenvalue weighted by Gasteiger charge is 2.08. The molecule has 0 aliphatic rings. The third-order valence-corrected chi connectivity index (χ3v) is 3.97. The van der Waals surface area contributed by atoms with Gasteiger partial charge >= 0.3 is 0 Å². The predicted molar refractivity (Wildman–Crippen MR) is 82.2 cm³/mol. The Kier molecular flexibility index (Phi) is 5.25. The van der Waals surface area contributed by atoms with Crippen LogP contribution in [0.5, 0.6) is 5.75 Å². The normalized spacial score (nSPS) is 12.4. The van der Waals surface area contributed by atoms with E-state index in [4.69, 9.17) is 16.3 Å². The summed E-state index contributed by atoms with van der Waals surface area (Å²) in [7, 11) is 0. The van der Waals surface area contributed by atoms with Gasteiger partial charge in [-0.1, -0.05) is 24.6 Å². The van der Waals surface area contributed by atoms with Gasteiger partial charge < -0.3 is 10.1 Å². The highest BCUT2D eigenvalue weighted by atomic mass is 35.5. The SMILES string of the molecule is CCNC(C)c1ccc(OCc2ccsc2)c(Cl)c1. The molecule has 1 atom stereocenters. The fraction of sp³-hybridized carbons (Fsp3) is 0.333. The molecule has 2 nitrogen and oxygen atoms in total. The van der Waals surface area contributed by atoms with E-state index in [1.807, 2.05) is 17.5 Å². The zero-order valence-corrected chi connectivity index (χ0v) is 12.7. The maximum atomic E-state index is 6.26. The Bertz CT molecular complexity index is 513. The van der Waals surface area contributed by atoms with Gasteiger partial charge in [-0.2, -0.15) is 11.3 Å². The first kappa shape index (κ1) is 14.4. The second-order valence-corrected chi connectivity index (χ2v) is 5.58. The third-order valence-electron chi connectivity index (χ3n) is 2.94. The zero-order valence-electron chi connectivity index (χ0n) is 11.2. The number of hydrogen-bond donors (Lipinski definition) is 1. The summed E-state index contributed by atoms with van der Waals surface area (Å²) in [5.41, 5.74) is 2.35. The molecule has 0 saturated heterocycles. The minimum atomic E-state index is 0.299. The number of hydrogen-bond acceptors (Lipinski definition) is 3. The van der Waals surface area contributed by atoms with Crippen LogP contribution in [-0.4, -0.2) is 6.54 Å². The van der Waals surface area contributed by atoms with Gasteiger partial charge in [0.1, 0.15) is 12.4 Å². The Hall–Kier alpha value is -1.03. The zero-order chi connectivity index (χ0) is 13.7. The van der Waals surface area contributed by atoms with Crippen molar-refractivity contribution < 1.29 is 4.74 Å². The molecule has 102 valence electrons. The van der Waals surface area contributed by atoms with Gasteiger partial charge in [-0.3, -0.25) is 0 Å². The molecule has 0 aliphatic heterocycles. The summed E-state index contributed by atoms with van der Waals surface area (Å²) in [6, 6.07) is 8.33. The molecule has 0 radical (unpaired) electrons. The fourth-order valence-corrected chi connectivity index (χ4v) is 2.76. The standard InChI is InChI=1S/C15H18ClNOS/c1-3-17-11(2)13-4-5-15(14(16)8-13)18-9-12-6-7-19-10-12/h4-8,10-11,17H,3,9H2,1-2H3. The molecule has 1 aromatic heterocycles. The molecule has 2 rings (SSSR count). The number of rotatable bonds is 6. The van der Waals surface area contributed by atoms with E-state index >= 15 is 0 Å². The van der Waals surface area contributed by atoms with Crippen LogP contribution in [0.2, 0.25) is 5.02 Å². The molecule has 0 spiro atoms. The molecule has 1 heterocycles. The highest BCUT2D eigenvalue weighted by molar-refractivity contribution is 7.07. The van der Waals surface area contributed by atoms with Crippen LogP contribution in [0.25, 0.3) is 0 Å². The van der Waals surface area contributed by atoms with Gasteiger partial charge in [0.2, 0.25) is 0 Å². The van der Waals surface area contributed by atoms with Crippen LogP contribution >= 0.6 is 22.9 Å². The van der Waals surface area contributed by atoms with Crippen molar-refractivity contribution in [3.8, 4) is 5.75 Å². The maximum Gasteiger partial charge on any atom is 0.138 e. The fourth-order valence-electron chi connectivity index (χ4n) is 1.86. The van der Waals surface area contributed by atoms with E-state index in [0.717, 1.165) is 12.3 Å². The van der Waals surface area contributed by atoms with E-state index in [1.165, 1.54) is 11.1 Å². The Morgan fingerprint density at radius 3 is 2.84 bits per heavy atom. The van der Waals surface area contributed by atoms with Gasteiger partial charge in [0, 0.05) is 6.04 Å². The summed E-state index contributed by atoms with van der Waals surface area (Å²) < 4.78 is 5.73. The molecular formula is C15H18ClNOS. The van der Waals surface area contributed by atoms with Crippen molar-refractivity contribution >= 4 is 22.9 Å². The minimum Gasteiger partial charge on any atom is -0.487 e. The van der Waals surface area contributed by atoms with Crippen LogP contribution in [0.4, 0.5) is 0 Å². The maximum absolute atomic E-state index is 6.26. The van der Waals surface area contributed by atoms with E-state index < -0.39 is 0 Å². The second kappa shape index (κ2) is 6.94. The lowest BCUT2D eigenvalue weighted by Gasteiger charge is -2.14. The van der Waals surface area contributed by atoms with Gasteiger partial charge in [0.15, 0.2) is 0 Å². The Labute approximate surface area is 123 Å². The summed E-state index contributed by atoms with van der Waals surface area (Å²) >= 11 is 7.93. The average Bonchev–Trinajstić information content (AvgIpc) is 2.90. The molecule has 1 unspecified atom stereocenters. The number of benzene rings is 1. The lowest BCUT2D eigenvalue weighted by atomic mass is 10.1. The largest absolute Gasteiger partial charge is 0.487 e. The van der Waals surface area contributed by atoms with E-state index in [1.54, 1.807) is 11.3 Å². The van der Waals surface area contributed by atoms with E-state index in [9.17, 15) is 0 Å². The van der Waals surface area contributed by atoms with Crippen molar-refractivity contribution in [3.05, 3.63) is 51.2 Å². The van der Waals surface area contributed by atoms with Crippen LogP contribution < -0.4 is 10.1 Å². The van der Waals surface area contributed by atoms with Crippen molar-refractivity contribution in [3.63, 3.8) is 0 Å². The quantitative estimate of drug-likeness (QED) is 0.837. The molecule has 2 aromatic rings. The minimum absolute atomic E-state index is 0.299. The lowest BCUT2D eigenvalue weighted by Crippen LogP contribution is -2.17. The molecule has 0 bridgehead atoms. The van der Waals surface area contributed by atoms with Crippen molar-refractivity contribution in [2.75, 3.05) is 6.54 Å². The summed E-state index contributed by atoms with van der Waals surface area (Å²) in [6.07, 6.45) is 0. The van der Waals surface area contributed by atoms with Crippen molar-refractivity contribution in [2.45, 2.75) is 26.5 Å². The molecular weight excluding hydrogens is 278 g/mol. The molecule has 1 N–H and O–H groups in total. The van der Waals surface area contributed by atoms with E-state index in [0.29, 0.717) is 17.7 Å². The summed E-state index contributed by atoms with van der Waals surface area (Å²) in [5.74, 6) is 0.736. The Morgan fingerprint density at radius 2 is 2.21 bits per heavy atom. The molecule has 19 heavy (non-hydrogen) atoms. The van der Waals surface area contributed by atoms with Crippen LogP contribution in [0.1, 0.15) is 31.0 Å². The predicted octanol–water partition coefficient (Wildman–Crippen LogP) is 4.65. The van der Waals surface area contributed by atoms with Crippen LogP contribution in [0, 0.1) is 0 Å². The third kappa shape index (κ3) is 3.96. The van der Waals surface area contributed by atoms with Crippen LogP contribution in [-0.2, 0) is 6.61 Å². The number of ether oxygens (including phenoxy) is 1. The molecule has 0 saturated carbocycles. The van der Waals surface area contributed by atoms with Crippen molar-refractivity contribution in [2.24, 2.45) is 0 Å². The van der Waals surface area contributed by atoms with Crippen molar-refractivity contribution in [1.82, 2.24) is 5.32 Å². The molecule has 4 heteroatoms. The molecule has 0 amide bonds. The average molecular weight is 296 g/mol. The highest BCUT2D eigenvalue weighted by Crippen LogP contribution is 2.28. The van der Waals surface area contributed by atoms with Crippen LogP contribution in [0.3, 0.4) is 0 Å². The van der Waals surface area contributed by atoms with Crippen LogP contribution in [0.15, 0.2) is 35.0 Å². The van der Waals surface area contributed by atoms with E-state index in [-0.39, 0.29) is 0 Å². The molecule has 0 fully saturated rings. The molecule has 0 aliphatic carbocycles.